The van der Waals surface area contributed by atoms with E-state index in [-0.39, 0.29) is 5.92 Å². The zero-order chi connectivity index (χ0) is 10.4. The molecule has 0 aliphatic heterocycles. The molecule has 0 aromatic heterocycles. The summed E-state index contributed by atoms with van der Waals surface area (Å²) in [6.45, 7) is 5.58. The van der Waals surface area contributed by atoms with E-state index in [1.165, 1.54) is 0 Å². The summed E-state index contributed by atoms with van der Waals surface area (Å²) < 4.78 is 0. The molecule has 1 unspecified atom stereocenters. The first-order chi connectivity index (χ1) is 6.74. The van der Waals surface area contributed by atoms with E-state index in [2.05, 4.69) is 6.58 Å². The van der Waals surface area contributed by atoms with Crippen molar-refractivity contribution in [1.29, 1.82) is 0 Å². The molecule has 1 rings (SSSR count). The summed E-state index contributed by atoms with van der Waals surface area (Å²) in [5, 5.41) is 9.62. The molecule has 0 radical (unpaired) electrons. The molecule has 1 nitrogen and oxygen atoms in total. The molecule has 1 aromatic carbocycles. The number of aliphatic hydroxyl groups excluding tert-OH is 1. The van der Waals surface area contributed by atoms with Crippen LogP contribution < -0.4 is 0 Å². The number of hydrogen-bond acceptors (Lipinski definition) is 1. The third kappa shape index (κ3) is 3.19. The highest BCUT2D eigenvalue weighted by Gasteiger charge is 2.05. The van der Waals surface area contributed by atoms with Crippen LogP contribution in [0, 0.1) is 5.92 Å². The molecule has 2 atom stereocenters. The van der Waals surface area contributed by atoms with Crippen LogP contribution in [0.3, 0.4) is 0 Å². The molecule has 14 heavy (non-hydrogen) atoms. The molecule has 0 amide bonds. The van der Waals surface area contributed by atoms with Crippen LogP contribution in [0.25, 0.3) is 6.08 Å². The average molecular weight is 188 g/mol. The Morgan fingerprint density at radius 2 is 1.93 bits per heavy atom. The molecular formula is C13H16O. The Balaban J connectivity index is 2.60. The molecule has 0 fully saturated rings. The molecule has 1 aromatic rings. The molecule has 0 bridgehead atoms. The van der Waals surface area contributed by atoms with Crippen molar-refractivity contribution in [3.05, 3.63) is 54.6 Å². The van der Waals surface area contributed by atoms with Gasteiger partial charge in [0, 0.05) is 5.92 Å². The van der Waals surface area contributed by atoms with E-state index in [0.717, 1.165) is 5.56 Å². The van der Waals surface area contributed by atoms with Crippen LogP contribution >= 0.6 is 0 Å². The van der Waals surface area contributed by atoms with Crippen LogP contribution in [0.5, 0.6) is 0 Å². The van der Waals surface area contributed by atoms with Crippen LogP contribution in [0.2, 0.25) is 0 Å². The van der Waals surface area contributed by atoms with Gasteiger partial charge in [-0.3, -0.25) is 0 Å². The number of rotatable bonds is 4. The number of aliphatic hydroxyl groups is 1. The van der Waals surface area contributed by atoms with Gasteiger partial charge in [-0.1, -0.05) is 55.5 Å². The first-order valence-electron chi connectivity index (χ1n) is 4.78. The summed E-state index contributed by atoms with van der Waals surface area (Å²) in [6.07, 6.45) is 5.01. The normalized spacial score (nSPS) is 15.3. The Morgan fingerprint density at radius 3 is 2.50 bits per heavy atom. The fourth-order valence-corrected chi connectivity index (χ4v) is 1.09. The summed E-state index contributed by atoms with van der Waals surface area (Å²) in [5.74, 6) is 0.0926. The van der Waals surface area contributed by atoms with Crippen molar-refractivity contribution in [2.75, 3.05) is 0 Å². The summed E-state index contributed by atoms with van der Waals surface area (Å²) in [7, 11) is 0. The molecule has 74 valence electrons. The fraction of sp³-hybridized carbons (Fsp3) is 0.231. The average Bonchev–Trinajstić information content (AvgIpc) is 2.26. The molecule has 0 saturated carbocycles. The maximum Gasteiger partial charge on any atom is 0.0783 e. The van der Waals surface area contributed by atoms with E-state index >= 15 is 0 Å². The molecule has 0 heterocycles. The molecular weight excluding hydrogens is 172 g/mol. The van der Waals surface area contributed by atoms with Crippen molar-refractivity contribution in [2.24, 2.45) is 5.92 Å². The Labute approximate surface area is 85.4 Å². The fourth-order valence-electron chi connectivity index (χ4n) is 1.09. The van der Waals surface area contributed by atoms with Crippen LogP contribution in [0.15, 0.2) is 49.1 Å². The molecule has 0 saturated heterocycles. The lowest BCUT2D eigenvalue weighted by molar-refractivity contribution is 0.186. The van der Waals surface area contributed by atoms with Crippen molar-refractivity contribution in [3.63, 3.8) is 0 Å². The van der Waals surface area contributed by atoms with E-state index in [4.69, 9.17) is 0 Å². The maximum absolute atomic E-state index is 9.62. The van der Waals surface area contributed by atoms with Crippen molar-refractivity contribution < 1.29 is 5.11 Å². The van der Waals surface area contributed by atoms with Gasteiger partial charge in [0.15, 0.2) is 0 Å². The van der Waals surface area contributed by atoms with Gasteiger partial charge in [-0.05, 0) is 5.56 Å². The SMILES string of the molecule is C=CC(C)[C@@H](O)/C=C/c1ccccc1. The van der Waals surface area contributed by atoms with Crippen molar-refractivity contribution in [1.82, 2.24) is 0 Å². The van der Waals surface area contributed by atoms with Gasteiger partial charge in [0.2, 0.25) is 0 Å². The van der Waals surface area contributed by atoms with Gasteiger partial charge in [0.25, 0.3) is 0 Å². The van der Waals surface area contributed by atoms with Gasteiger partial charge >= 0.3 is 0 Å². The topological polar surface area (TPSA) is 20.2 Å². The van der Waals surface area contributed by atoms with Crippen LogP contribution in [-0.2, 0) is 0 Å². The summed E-state index contributed by atoms with van der Waals surface area (Å²) in [6, 6.07) is 9.93. The number of benzene rings is 1. The third-order valence-corrected chi connectivity index (χ3v) is 2.20. The van der Waals surface area contributed by atoms with Gasteiger partial charge < -0.3 is 5.11 Å². The minimum Gasteiger partial charge on any atom is -0.388 e. The van der Waals surface area contributed by atoms with Crippen LogP contribution in [-0.4, -0.2) is 11.2 Å². The highest BCUT2D eigenvalue weighted by molar-refractivity contribution is 5.49. The zero-order valence-corrected chi connectivity index (χ0v) is 8.43. The Bertz CT molecular complexity index is 300. The Morgan fingerprint density at radius 1 is 1.29 bits per heavy atom. The van der Waals surface area contributed by atoms with Gasteiger partial charge in [0.1, 0.15) is 0 Å². The van der Waals surface area contributed by atoms with E-state index in [9.17, 15) is 5.11 Å². The van der Waals surface area contributed by atoms with E-state index < -0.39 is 6.10 Å². The Hall–Kier alpha value is -1.34. The number of hydrogen-bond donors (Lipinski definition) is 1. The monoisotopic (exact) mass is 188 g/mol. The first-order valence-corrected chi connectivity index (χ1v) is 4.78. The molecule has 0 aliphatic rings. The second kappa shape index (κ2) is 5.40. The molecule has 1 N–H and O–H groups in total. The predicted molar refractivity (Wildman–Crippen MR) is 60.8 cm³/mol. The molecule has 0 spiro atoms. The molecule has 1 heteroatoms. The van der Waals surface area contributed by atoms with E-state index in [0.29, 0.717) is 0 Å². The van der Waals surface area contributed by atoms with Gasteiger partial charge in [-0.15, -0.1) is 6.58 Å². The van der Waals surface area contributed by atoms with E-state index in [1.54, 1.807) is 12.2 Å². The predicted octanol–water partition coefficient (Wildman–Crippen LogP) is 2.88. The smallest absolute Gasteiger partial charge is 0.0783 e. The lowest BCUT2D eigenvalue weighted by Crippen LogP contribution is -2.11. The van der Waals surface area contributed by atoms with E-state index in [1.807, 2.05) is 43.3 Å². The van der Waals surface area contributed by atoms with Gasteiger partial charge in [0.05, 0.1) is 6.10 Å². The van der Waals surface area contributed by atoms with Crippen LogP contribution in [0.1, 0.15) is 12.5 Å². The summed E-state index contributed by atoms with van der Waals surface area (Å²) >= 11 is 0. The largest absolute Gasteiger partial charge is 0.388 e. The lowest BCUT2D eigenvalue weighted by Gasteiger charge is -2.09. The first kappa shape index (κ1) is 10.7. The standard InChI is InChI=1S/C13H16O/c1-3-11(2)13(14)10-9-12-7-5-4-6-8-12/h3-11,13-14H,1H2,2H3/b10-9+/t11?,13-/m0/s1. The lowest BCUT2D eigenvalue weighted by atomic mass is 10.0. The van der Waals surface area contributed by atoms with Gasteiger partial charge in [-0.2, -0.15) is 0 Å². The summed E-state index contributed by atoms with van der Waals surface area (Å²) in [4.78, 5) is 0. The third-order valence-electron chi connectivity index (χ3n) is 2.20. The highest BCUT2D eigenvalue weighted by atomic mass is 16.3. The second-order valence-electron chi connectivity index (χ2n) is 3.36. The molecule has 0 aliphatic carbocycles. The maximum atomic E-state index is 9.62. The Kier molecular flexibility index (Phi) is 4.14. The minimum absolute atomic E-state index is 0.0926. The van der Waals surface area contributed by atoms with Crippen molar-refractivity contribution in [2.45, 2.75) is 13.0 Å². The van der Waals surface area contributed by atoms with Crippen molar-refractivity contribution >= 4 is 6.08 Å². The summed E-state index contributed by atoms with van der Waals surface area (Å²) in [5.41, 5.74) is 1.10. The minimum atomic E-state index is -0.451. The van der Waals surface area contributed by atoms with Crippen LogP contribution in [0.4, 0.5) is 0 Å². The quantitative estimate of drug-likeness (QED) is 0.720. The highest BCUT2D eigenvalue weighted by Crippen LogP contribution is 2.08. The van der Waals surface area contributed by atoms with Gasteiger partial charge in [-0.25, -0.2) is 0 Å². The zero-order valence-electron chi connectivity index (χ0n) is 8.43. The second-order valence-corrected chi connectivity index (χ2v) is 3.36. The van der Waals surface area contributed by atoms with Crippen molar-refractivity contribution in [3.8, 4) is 0 Å².